The van der Waals surface area contributed by atoms with Gasteiger partial charge < -0.3 is 15.4 Å². The van der Waals surface area contributed by atoms with Gasteiger partial charge in [0.1, 0.15) is 17.3 Å². The summed E-state index contributed by atoms with van der Waals surface area (Å²) < 4.78 is 5.86. The fourth-order valence-corrected chi connectivity index (χ4v) is 4.19. The molecule has 1 aliphatic heterocycles. The molecular weight excluding hydrogens is 370 g/mol. The first-order chi connectivity index (χ1) is 14.8. The molecule has 0 atom stereocenters. The largest absolute Gasteiger partial charge is 0.457 e. The van der Waals surface area contributed by atoms with Crippen LogP contribution >= 0.6 is 0 Å². The standard InChI is InChI=1S/C26H27N3O/c1-2-8-23(9-3-1)30-24-14-10-19(11-15-24)18-27-26-16-20-12-13-22(17-25(20)29-26)28-21-6-4-5-7-21/h1-3,8-15,17,21,28H,4-7,16,18H2,(H,27,29). The molecule has 1 fully saturated rings. The van der Waals surface area contributed by atoms with Crippen LogP contribution in [0.2, 0.25) is 0 Å². The normalized spacial score (nSPS) is 17.0. The number of nitrogens with zero attached hydrogens (tertiary/aromatic N) is 1. The highest BCUT2D eigenvalue weighted by atomic mass is 16.5. The smallest absolute Gasteiger partial charge is 0.127 e. The lowest BCUT2D eigenvalue weighted by molar-refractivity contribution is 0.482. The summed E-state index contributed by atoms with van der Waals surface area (Å²) in [6.07, 6.45) is 6.13. The highest BCUT2D eigenvalue weighted by molar-refractivity contribution is 6.03. The molecule has 0 bridgehead atoms. The Bertz CT molecular complexity index is 1020. The molecule has 0 radical (unpaired) electrons. The second-order valence-electron chi connectivity index (χ2n) is 8.12. The van der Waals surface area contributed by atoms with Gasteiger partial charge in [0.2, 0.25) is 0 Å². The Balaban J connectivity index is 1.18. The molecule has 3 aromatic carbocycles. The molecule has 4 heteroatoms. The Kier molecular flexibility index (Phi) is 5.38. The lowest BCUT2D eigenvalue weighted by Gasteiger charge is -2.14. The summed E-state index contributed by atoms with van der Waals surface area (Å²) in [5.41, 5.74) is 4.88. The molecule has 0 spiro atoms. The van der Waals surface area contributed by atoms with E-state index in [-0.39, 0.29) is 0 Å². The molecule has 0 amide bonds. The molecule has 1 heterocycles. The number of ether oxygens (including phenoxy) is 1. The highest BCUT2D eigenvalue weighted by Gasteiger charge is 2.18. The molecule has 0 saturated heterocycles. The lowest BCUT2D eigenvalue weighted by Crippen LogP contribution is -2.14. The second kappa shape index (κ2) is 8.62. The van der Waals surface area contributed by atoms with E-state index < -0.39 is 0 Å². The van der Waals surface area contributed by atoms with Crippen molar-refractivity contribution in [2.45, 2.75) is 44.7 Å². The molecule has 4 nitrogen and oxygen atoms in total. The number of para-hydroxylation sites is 1. The maximum Gasteiger partial charge on any atom is 0.127 e. The Morgan fingerprint density at radius 3 is 2.47 bits per heavy atom. The van der Waals surface area contributed by atoms with E-state index in [0.717, 1.165) is 23.8 Å². The van der Waals surface area contributed by atoms with E-state index in [4.69, 9.17) is 9.73 Å². The van der Waals surface area contributed by atoms with Crippen LogP contribution in [-0.2, 0) is 13.0 Å². The van der Waals surface area contributed by atoms with Gasteiger partial charge in [-0.3, -0.25) is 4.99 Å². The van der Waals surface area contributed by atoms with Crippen molar-refractivity contribution in [3.63, 3.8) is 0 Å². The summed E-state index contributed by atoms with van der Waals surface area (Å²) in [4.78, 5) is 4.80. The molecule has 152 valence electrons. The highest BCUT2D eigenvalue weighted by Crippen LogP contribution is 2.29. The Morgan fingerprint density at radius 1 is 0.900 bits per heavy atom. The maximum absolute atomic E-state index is 5.86. The third kappa shape index (κ3) is 4.48. The third-order valence-corrected chi connectivity index (χ3v) is 5.83. The number of nitrogens with one attached hydrogen (secondary N) is 2. The van der Waals surface area contributed by atoms with Gasteiger partial charge in [0.05, 0.1) is 6.54 Å². The summed E-state index contributed by atoms with van der Waals surface area (Å²) in [5.74, 6) is 2.72. The van der Waals surface area contributed by atoms with Crippen molar-refractivity contribution >= 4 is 17.2 Å². The number of anilines is 2. The van der Waals surface area contributed by atoms with Crippen LogP contribution in [0.5, 0.6) is 11.5 Å². The molecule has 0 aromatic heterocycles. The van der Waals surface area contributed by atoms with Gasteiger partial charge in [-0.2, -0.15) is 0 Å². The first-order valence-electron chi connectivity index (χ1n) is 10.8. The Labute approximate surface area is 178 Å². The van der Waals surface area contributed by atoms with E-state index in [1.807, 2.05) is 42.5 Å². The zero-order chi connectivity index (χ0) is 20.2. The van der Waals surface area contributed by atoms with Gasteiger partial charge in [-0.05, 0) is 60.4 Å². The average molecular weight is 398 g/mol. The van der Waals surface area contributed by atoms with Crippen molar-refractivity contribution in [3.8, 4) is 11.5 Å². The van der Waals surface area contributed by atoms with Gasteiger partial charge >= 0.3 is 0 Å². The number of fused-ring (bicyclic) bond motifs is 1. The van der Waals surface area contributed by atoms with Gasteiger partial charge in [-0.15, -0.1) is 0 Å². The fourth-order valence-electron chi connectivity index (χ4n) is 4.19. The molecule has 30 heavy (non-hydrogen) atoms. The molecule has 2 N–H and O–H groups in total. The summed E-state index contributed by atoms with van der Waals surface area (Å²) in [6, 6.07) is 25.3. The van der Waals surface area contributed by atoms with Crippen LogP contribution in [0, 0.1) is 0 Å². The first kappa shape index (κ1) is 18.7. The van der Waals surface area contributed by atoms with Gasteiger partial charge in [0, 0.05) is 23.8 Å². The summed E-state index contributed by atoms with van der Waals surface area (Å²) >= 11 is 0. The van der Waals surface area contributed by atoms with Crippen LogP contribution in [0.15, 0.2) is 77.8 Å². The zero-order valence-electron chi connectivity index (χ0n) is 17.1. The van der Waals surface area contributed by atoms with Crippen LogP contribution in [0.4, 0.5) is 11.4 Å². The monoisotopic (exact) mass is 397 g/mol. The molecule has 5 rings (SSSR count). The van der Waals surface area contributed by atoms with Crippen LogP contribution in [-0.4, -0.2) is 11.9 Å². The zero-order valence-corrected chi connectivity index (χ0v) is 17.1. The molecule has 0 unspecified atom stereocenters. The van der Waals surface area contributed by atoms with Crippen LogP contribution < -0.4 is 15.4 Å². The van der Waals surface area contributed by atoms with E-state index in [1.54, 1.807) is 0 Å². The predicted molar refractivity (Wildman–Crippen MR) is 124 cm³/mol. The van der Waals surface area contributed by atoms with Gasteiger partial charge in [-0.1, -0.05) is 49.2 Å². The van der Waals surface area contributed by atoms with Gasteiger partial charge in [0.15, 0.2) is 0 Å². The number of aliphatic imine (C=N–C) groups is 1. The minimum atomic E-state index is 0.631. The number of benzene rings is 3. The number of hydrogen-bond acceptors (Lipinski definition) is 3. The Hall–Kier alpha value is -3.27. The summed E-state index contributed by atoms with van der Waals surface area (Å²) in [6.45, 7) is 0.662. The number of amidine groups is 1. The third-order valence-electron chi connectivity index (χ3n) is 5.83. The van der Waals surface area contributed by atoms with E-state index in [1.165, 1.54) is 48.2 Å². The van der Waals surface area contributed by atoms with E-state index in [9.17, 15) is 0 Å². The molecular formula is C26H27N3O. The van der Waals surface area contributed by atoms with Gasteiger partial charge in [-0.25, -0.2) is 0 Å². The minimum absolute atomic E-state index is 0.631. The number of hydrogen-bond donors (Lipinski definition) is 2. The van der Waals surface area contributed by atoms with Crippen LogP contribution in [0.3, 0.4) is 0 Å². The molecule has 1 aliphatic carbocycles. The topological polar surface area (TPSA) is 45.6 Å². The first-order valence-corrected chi connectivity index (χ1v) is 10.8. The van der Waals surface area contributed by atoms with Crippen LogP contribution in [0.25, 0.3) is 0 Å². The van der Waals surface area contributed by atoms with Crippen molar-refractivity contribution in [3.05, 3.63) is 83.9 Å². The summed E-state index contributed by atoms with van der Waals surface area (Å²) in [5, 5.41) is 7.17. The van der Waals surface area contributed by atoms with E-state index in [0.29, 0.717) is 12.6 Å². The maximum atomic E-state index is 5.86. The molecule has 3 aromatic rings. The van der Waals surface area contributed by atoms with Crippen molar-refractivity contribution in [1.82, 2.24) is 0 Å². The van der Waals surface area contributed by atoms with Crippen molar-refractivity contribution in [1.29, 1.82) is 0 Å². The number of rotatable bonds is 6. The molecule has 2 aliphatic rings. The van der Waals surface area contributed by atoms with Crippen molar-refractivity contribution < 1.29 is 4.74 Å². The minimum Gasteiger partial charge on any atom is -0.457 e. The predicted octanol–water partition coefficient (Wildman–Crippen LogP) is 6.40. The molecule has 1 saturated carbocycles. The van der Waals surface area contributed by atoms with E-state index >= 15 is 0 Å². The average Bonchev–Trinajstić information content (AvgIpc) is 3.43. The van der Waals surface area contributed by atoms with Crippen molar-refractivity contribution in [2.24, 2.45) is 4.99 Å². The summed E-state index contributed by atoms with van der Waals surface area (Å²) in [7, 11) is 0. The lowest BCUT2D eigenvalue weighted by atomic mass is 10.1. The van der Waals surface area contributed by atoms with Gasteiger partial charge in [0.25, 0.3) is 0 Å². The SMILES string of the molecule is c1ccc(Oc2ccc(CN=C3Cc4ccc(NC5CCCC5)cc4N3)cc2)cc1. The van der Waals surface area contributed by atoms with Crippen LogP contribution in [0.1, 0.15) is 36.8 Å². The van der Waals surface area contributed by atoms with E-state index in [2.05, 4.69) is 41.0 Å². The van der Waals surface area contributed by atoms with Crippen molar-refractivity contribution in [2.75, 3.05) is 10.6 Å². The quantitative estimate of drug-likeness (QED) is 0.506. The second-order valence-corrected chi connectivity index (χ2v) is 8.12. The fraction of sp³-hybridized carbons (Fsp3) is 0.269. The Morgan fingerprint density at radius 2 is 1.67 bits per heavy atom.